The Kier molecular flexibility index (Phi) is 3.33. The zero-order chi connectivity index (χ0) is 12.6. The predicted octanol–water partition coefficient (Wildman–Crippen LogP) is 2.60. The third kappa shape index (κ3) is 2.91. The van der Waals surface area contributed by atoms with Crippen LogP contribution in [0, 0.1) is 13.8 Å². The molecule has 0 aromatic heterocycles. The highest BCUT2D eigenvalue weighted by atomic mass is 16.6. The summed E-state index contributed by atoms with van der Waals surface area (Å²) in [5.74, 6) is 0. The molecule has 1 unspecified atom stereocenters. The molecule has 1 aromatic carbocycles. The van der Waals surface area contributed by atoms with Gasteiger partial charge >= 0.3 is 7.12 Å². The minimum Gasteiger partial charge on any atom is -0.405 e. The summed E-state index contributed by atoms with van der Waals surface area (Å²) in [6, 6.07) is 6.40. The SMILES string of the molecule is Cc1ccc(B2OC(C)CC(C)(C)O2)c(C)c1. The highest BCUT2D eigenvalue weighted by Crippen LogP contribution is 2.25. The molecule has 1 heterocycles. The van der Waals surface area contributed by atoms with Gasteiger partial charge in [0.05, 0.1) is 5.60 Å². The average Bonchev–Trinajstić information content (AvgIpc) is 2.13. The lowest BCUT2D eigenvalue weighted by molar-refractivity contribution is -0.0230. The Morgan fingerprint density at radius 1 is 1.29 bits per heavy atom. The minimum atomic E-state index is -0.227. The van der Waals surface area contributed by atoms with E-state index in [0.717, 1.165) is 11.9 Å². The maximum atomic E-state index is 6.03. The molecule has 1 aliphatic rings. The van der Waals surface area contributed by atoms with E-state index in [4.69, 9.17) is 9.31 Å². The van der Waals surface area contributed by atoms with Crippen molar-refractivity contribution in [2.45, 2.75) is 52.7 Å². The molecule has 0 spiro atoms. The maximum Gasteiger partial charge on any atom is 0.494 e. The van der Waals surface area contributed by atoms with Crippen molar-refractivity contribution >= 4 is 12.6 Å². The second-order valence-electron chi connectivity index (χ2n) is 5.72. The van der Waals surface area contributed by atoms with Crippen LogP contribution in [0.5, 0.6) is 0 Å². The van der Waals surface area contributed by atoms with Crippen LogP contribution in [0.4, 0.5) is 0 Å². The van der Waals surface area contributed by atoms with Crippen molar-refractivity contribution in [3.63, 3.8) is 0 Å². The molecule has 0 radical (unpaired) electrons. The Hall–Kier alpha value is -0.795. The monoisotopic (exact) mass is 232 g/mol. The van der Waals surface area contributed by atoms with Crippen molar-refractivity contribution in [3.8, 4) is 0 Å². The molecule has 0 aliphatic carbocycles. The molecule has 2 nitrogen and oxygen atoms in total. The molecule has 1 aliphatic heterocycles. The molecule has 1 atom stereocenters. The normalized spacial score (nSPS) is 23.8. The molecular weight excluding hydrogens is 211 g/mol. The van der Waals surface area contributed by atoms with Crippen LogP contribution in [-0.2, 0) is 9.31 Å². The lowest BCUT2D eigenvalue weighted by Crippen LogP contribution is -2.52. The summed E-state index contributed by atoms with van der Waals surface area (Å²) in [7, 11) is -0.227. The fraction of sp³-hybridized carbons (Fsp3) is 0.571. The number of rotatable bonds is 1. The standard InChI is InChI=1S/C14H21BO2/c1-10-6-7-13(11(2)8-10)15-16-12(3)9-14(4,5)17-15/h6-8,12H,9H2,1-5H3. The average molecular weight is 232 g/mol. The smallest absolute Gasteiger partial charge is 0.405 e. The van der Waals surface area contributed by atoms with Crippen LogP contribution in [0.15, 0.2) is 18.2 Å². The van der Waals surface area contributed by atoms with E-state index in [9.17, 15) is 0 Å². The Morgan fingerprint density at radius 3 is 2.59 bits per heavy atom. The number of hydrogen-bond donors (Lipinski definition) is 0. The quantitative estimate of drug-likeness (QED) is 0.693. The summed E-state index contributed by atoms with van der Waals surface area (Å²) < 4.78 is 11.9. The fourth-order valence-electron chi connectivity index (χ4n) is 2.54. The zero-order valence-electron chi connectivity index (χ0n) is 11.4. The van der Waals surface area contributed by atoms with Gasteiger partial charge in [-0.15, -0.1) is 0 Å². The Labute approximate surface area is 104 Å². The number of hydrogen-bond acceptors (Lipinski definition) is 2. The van der Waals surface area contributed by atoms with Crippen molar-refractivity contribution < 1.29 is 9.31 Å². The minimum absolute atomic E-state index is 0.111. The summed E-state index contributed by atoms with van der Waals surface area (Å²) in [6.07, 6.45) is 1.18. The van der Waals surface area contributed by atoms with Gasteiger partial charge in [-0.05, 0) is 46.5 Å². The van der Waals surface area contributed by atoms with Gasteiger partial charge in [0.2, 0.25) is 0 Å². The molecule has 92 valence electrons. The summed E-state index contributed by atoms with van der Waals surface area (Å²) >= 11 is 0. The molecule has 0 N–H and O–H groups in total. The van der Waals surface area contributed by atoms with Crippen molar-refractivity contribution in [3.05, 3.63) is 29.3 Å². The first kappa shape index (κ1) is 12.7. The molecular formula is C14H21BO2. The first-order chi connectivity index (χ1) is 7.87. The van der Waals surface area contributed by atoms with Crippen LogP contribution in [0.1, 0.15) is 38.3 Å². The molecule has 1 saturated heterocycles. The van der Waals surface area contributed by atoms with Crippen LogP contribution >= 0.6 is 0 Å². The second kappa shape index (κ2) is 4.47. The highest BCUT2D eigenvalue weighted by Gasteiger charge is 2.38. The van der Waals surface area contributed by atoms with E-state index in [1.165, 1.54) is 11.1 Å². The van der Waals surface area contributed by atoms with Gasteiger partial charge in [-0.3, -0.25) is 0 Å². The van der Waals surface area contributed by atoms with Crippen molar-refractivity contribution in [1.82, 2.24) is 0 Å². The van der Waals surface area contributed by atoms with Gasteiger partial charge in [-0.2, -0.15) is 0 Å². The number of benzene rings is 1. The predicted molar refractivity (Wildman–Crippen MR) is 71.6 cm³/mol. The van der Waals surface area contributed by atoms with Gasteiger partial charge in [0.1, 0.15) is 0 Å². The lowest BCUT2D eigenvalue weighted by atomic mass is 9.72. The summed E-state index contributed by atoms with van der Waals surface area (Å²) in [6.45, 7) is 10.6. The zero-order valence-corrected chi connectivity index (χ0v) is 11.4. The van der Waals surface area contributed by atoms with E-state index in [1.807, 2.05) is 0 Å². The Bertz CT molecular complexity index is 415. The molecule has 17 heavy (non-hydrogen) atoms. The molecule has 3 heteroatoms. The Balaban J connectivity index is 2.27. The first-order valence-electron chi connectivity index (χ1n) is 6.28. The van der Waals surface area contributed by atoms with Gasteiger partial charge in [0.25, 0.3) is 0 Å². The van der Waals surface area contributed by atoms with E-state index in [2.05, 4.69) is 52.8 Å². The largest absolute Gasteiger partial charge is 0.494 e. The maximum absolute atomic E-state index is 6.03. The molecule has 0 bridgehead atoms. The van der Waals surface area contributed by atoms with E-state index in [0.29, 0.717) is 0 Å². The second-order valence-corrected chi connectivity index (χ2v) is 5.72. The van der Waals surface area contributed by atoms with Crippen molar-refractivity contribution in [2.24, 2.45) is 0 Å². The van der Waals surface area contributed by atoms with Crippen LogP contribution in [0.25, 0.3) is 0 Å². The third-order valence-corrected chi connectivity index (χ3v) is 3.24. The molecule has 0 amide bonds. The van der Waals surface area contributed by atoms with E-state index in [-0.39, 0.29) is 18.8 Å². The molecule has 1 fully saturated rings. The van der Waals surface area contributed by atoms with Gasteiger partial charge in [-0.1, -0.05) is 29.3 Å². The lowest BCUT2D eigenvalue weighted by Gasteiger charge is -2.38. The molecule has 0 saturated carbocycles. The number of aryl methyl sites for hydroxylation is 2. The molecule has 2 rings (SSSR count). The van der Waals surface area contributed by atoms with Crippen LogP contribution in [0.3, 0.4) is 0 Å². The van der Waals surface area contributed by atoms with Crippen molar-refractivity contribution in [1.29, 1.82) is 0 Å². The van der Waals surface area contributed by atoms with Gasteiger partial charge in [0, 0.05) is 6.10 Å². The fourth-order valence-corrected chi connectivity index (χ4v) is 2.54. The summed E-state index contributed by atoms with van der Waals surface area (Å²) in [4.78, 5) is 0. The van der Waals surface area contributed by atoms with Gasteiger partial charge in [0.15, 0.2) is 0 Å². The van der Waals surface area contributed by atoms with Crippen molar-refractivity contribution in [2.75, 3.05) is 0 Å². The van der Waals surface area contributed by atoms with Gasteiger partial charge < -0.3 is 9.31 Å². The van der Waals surface area contributed by atoms with E-state index < -0.39 is 0 Å². The van der Waals surface area contributed by atoms with Gasteiger partial charge in [-0.25, -0.2) is 0 Å². The van der Waals surface area contributed by atoms with E-state index >= 15 is 0 Å². The van der Waals surface area contributed by atoms with Crippen LogP contribution in [0.2, 0.25) is 0 Å². The van der Waals surface area contributed by atoms with Crippen LogP contribution < -0.4 is 5.46 Å². The third-order valence-electron chi connectivity index (χ3n) is 3.24. The van der Waals surface area contributed by atoms with E-state index in [1.54, 1.807) is 0 Å². The summed E-state index contributed by atoms with van der Waals surface area (Å²) in [5.41, 5.74) is 3.55. The Morgan fingerprint density at radius 2 is 2.00 bits per heavy atom. The topological polar surface area (TPSA) is 18.5 Å². The summed E-state index contributed by atoms with van der Waals surface area (Å²) in [5, 5.41) is 0. The first-order valence-corrected chi connectivity index (χ1v) is 6.28. The highest BCUT2D eigenvalue weighted by molar-refractivity contribution is 6.62. The molecule has 1 aromatic rings. The van der Waals surface area contributed by atoms with Crippen LogP contribution in [-0.4, -0.2) is 18.8 Å².